The van der Waals surface area contributed by atoms with Crippen molar-refractivity contribution >= 4 is 5.91 Å². The van der Waals surface area contributed by atoms with Crippen LogP contribution in [0.1, 0.15) is 296 Å². The summed E-state index contributed by atoms with van der Waals surface area (Å²) in [6.45, 7) is 3.79. The van der Waals surface area contributed by atoms with Gasteiger partial charge < -0.3 is 40.3 Å². The van der Waals surface area contributed by atoms with E-state index in [0.717, 1.165) is 38.5 Å². The molecule has 69 heavy (non-hydrogen) atoms. The summed E-state index contributed by atoms with van der Waals surface area (Å²) in [6, 6.07) is -0.818. The van der Waals surface area contributed by atoms with Crippen LogP contribution in [0.15, 0.2) is 24.3 Å². The van der Waals surface area contributed by atoms with Crippen LogP contribution in [0.2, 0.25) is 0 Å². The van der Waals surface area contributed by atoms with Crippen LogP contribution in [0.4, 0.5) is 0 Å². The Balaban J connectivity index is 2.14. The Morgan fingerprint density at radius 1 is 0.478 bits per heavy atom. The minimum absolute atomic E-state index is 0.183. The van der Waals surface area contributed by atoms with E-state index in [1.165, 1.54) is 238 Å². The molecule has 0 aromatic heterocycles. The van der Waals surface area contributed by atoms with Gasteiger partial charge in [-0.1, -0.05) is 282 Å². The smallest absolute Gasteiger partial charge is 0.220 e. The molecule has 7 atom stereocenters. The average molecular weight is 979 g/mol. The second-order valence-corrected chi connectivity index (χ2v) is 21.1. The van der Waals surface area contributed by atoms with Crippen LogP contribution in [-0.2, 0) is 14.3 Å². The minimum Gasteiger partial charge on any atom is -0.394 e. The van der Waals surface area contributed by atoms with Gasteiger partial charge in [0.25, 0.3) is 0 Å². The van der Waals surface area contributed by atoms with Crippen LogP contribution in [0.3, 0.4) is 0 Å². The first kappa shape index (κ1) is 65.7. The van der Waals surface area contributed by atoms with Crippen LogP contribution in [0.25, 0.3) is 0 Å². The van der Waals surface area contributed by atoms with Crippen molar-refractivity contribution in [3.05, 3.63) is 24.3 Å². The number of carbonyl (C=O) groups is 1. The van der Waals surface area contributed by atoms with E-state index < -0.39 is 49.5 Å². The summed E-state index contributed by atoms with van der Waals surface area (Å²) in [5.41, 5.74) is 0. The Bertz CT molecular complexity index is 1130. The van der Waals surface area contributed by atoms with Gasteiger partial charge in [0, 0.05) is 6.42 Å². The molecule has 0 spiro atoms. The number of nitrogens with one attached hydrogen (secondary N) is 1. The second kappa shape index (κ2) is 50.2. The summed E-state index contributed by atoms with van der Waals surface area (Å²) in [6.07, 6.45) is 57.1. The van der Waals surface area contributed by atoms with Gasteiger partial charge >= 0.3 is 0 Å². The lowest BCUT2D eigenvalue weighted by Gasteiger charge is -2.40. The van der Waals surface area contributed by atoms with Crippen molar-refractivity contribution < 1.29 is 39.8 Å². The first-order chi connectivity index (χ1) is 33.8. The minimum atomic E-state index is -1.57. The standard InChI is InChI=1S/C60H115NO8/c1-3-5-7-9-11-13-15-17-18-19-20-21-22-23-24-25-26-27-28-29-30-31-32-33-34-35-36-38-39-41-43-45-47-49-54(63)53(52-68-60-59(67)58(66)57(65)55(51-62)69-60)61-56(64)50-48-46-44-42-40-37-16-14-12-10-8-6-4-2/h39,41,47,49,53-55,57-60,62-63,65-67H,3-38,40,42-46,48,50-52H2,1-2H3,(H,61,64)/b41-39+,49-47+. The lowest BCUT2D eigenvalue weighted by atomic mass is 9.99. The van der Waals surface area contributed by atoms with Gasteiger partial charge in [0.05, 0.1) is 25.4 Å². The average Bonchev–Trinajstić information content (AvgIpc) is 3.35. The predicted molar refractivity (Wildman–Crippen MR) is 290 cm³/mol. The maximum Gasteiger partial charge on any atom is 0.220 e. The van der Waals surface area contributed by atoms with Crippen LogP contribution in [0, 0.1) is 0 Å². The number of unbranched alkanes of at least 4 members (excludes halogenated alkanes) is 40. The van der Waals surface area contributed by atoms with Crippen LogP contribution < -0.4 is 5.32 Å². The summed E-state index contributed by atoms with van der Waals surface area (Å²) in [4.78, 5) is 13.0. The highest BCUT2D eigenvalue weighted by Gasteiger charge is 2.44. The highest BCUT2D eigenvalue weighted by molar-refractivity contribution is 5.76. The number of rotatable bonds is 52. The van der Waals surface area contributed by atoms with Crippen LogP contribution in [0.5, 0.6) is 0 Å². The molecule has 9 nitrogen and oxygen atoms in total. The van der Waals surface area contributed by atoms with Gasteiger partial charge in [-0.25, -0.2) is 0 Å². The molecule has 1 fully saturated rings. The Morgan fingerprint density at radius 3 is 1.22 bits per heavy atom. The molecule has 7 unspecified atom stereocenters. The van der Waals surface area contributed by atoms with E-state index in [0.29, 0.717) is 6.42 Å². The maximum absolute atomic E-state index is 13.0. The van der Waals surface area contributed by atoms with Gasteiger partial charge in [0.15, 0.2) is 6.29 Å². The van der Waals surface area contributed by atoms with Crippen molar-refractivity contribution in [3.8, 4) is 0 Å². The number of allylic oxidation sites excluding steroid dienone is 3. The summed E-state index contributed by atoms with van der Waals surface area (Å²) >= 11 is 0. The predicted octanol–water partition coefficient (Wildman–Crippen LogP) is 15.0. The van der Waals surface area contributed by atoms with Gasteiger partial charge in [-0.3, -0.25) is 4.79 Å². The normalized spacial score (nSPS) is 19.6. The van der Waals surface area contributed by atoms with E-state index >= 15 is 0 Å². The molecule has 1 saturated heterocycles. The third-order valence-corrected chi connectivity index (χ3v) is 14.5. The molecular formula is C60H115NO8. The quantitative estimate of drug-likeness (QED) is 0.0261. The number of ether oxygens (including phenoxy) is 2. The lowest BCUT2D eigenvalue weighted by Crippen LogP contribution is -2.60. The zero-order valence-electron chi connectivity index (χ0n) is 45.3. The molecule has 0 aromatic rings. The van der Waals surface area contributed by atoms with Crippen molar-refractivity contribution in [1.82, 2.24) is 5.32 Å². The number of aliphatic hydroxyl groups excluding tert-OH is 5. The van der Waals surface area contributed by atoms with E-state index in [-0.39, 0.29) is 12.5 Å². The largest absolute Gasteiger partial charge is 0.394 e. The summed E-state index contributed by atoms with van der Waals surface area (Å²) in [7, 11) is 0. The van der Waals surface area contributed by atoms with E-state index in [4.69, 9.17) is 9.47 Å². The Labute approximate surface area is 426 Å². The number of amides is 1. The molecule has 1 aliphatic heterocycles. The zero-order chi connectivity index (χ0) is 50.1. The molecule has 0 bridgehead atoms. The number of hydrogen-bond acceptors (Lipinski definition) is 8. The molecule has 0 aromatic carbocycles. The molecular weight excluding hydrogens is 863 g/mol. The van der Waals surface area contributed by atoms with Crippen molar-refractivity contribution in [3.63, 3.8) is 0 Å². The molecule has 0 aliphatic carbocycles. The molecule has 1 rings (SSSR count). The monoisotopic (exact) mass is 978 g/mol. The first-order valence-corrected chi connectivity index (χ1v) is 30.1. The van der Waals surface area contributed by atoms with E-state index in [1.807, 2.05) is 6.08 Å². The third-order valence-electron chi connectivity index (χ3n) is 14.5. The Morgan fingerprint density at radius 2 is 0.826 bits per heavy atom. The lowest BCUT2D eigenvalue weighted by molar-refractivity contribution is -0.302. The van der Waals surface area contributed by atoms with Crippen LogP contribution >= 0.6 is 0 Å². The summed E-state index contributed by atoms with van der Waals surface area (Å²) < 4.78 is 11.2. The molecule has 0 saturated carbocycles. The van der Waals surface area contributed by atoms with Gasteiger partial charge in [-0.15, -0.1) is 0 Å². The highest BCUT2D eigenvalue weighted by atomic mass is 16.7. The number of carbonyl (C=O) groups excluding carboxylic acids is 1. The molecule has 1 amide bonds. The Hall–Kier alpha value is -1.33. The third kappa shape index (κ3) is 39.8. The van der Waals surface area contributed by atoms with E-state index in [9.17, 15) is 30.3 Å². The number of hydrogen-bond donors (Lipinski definition) is 6. The molecule has 1 heterocycles. The molecule has 0 radical (unpaired) electrons. The van der Waals surface area contributed by atoms with E-state index in [1.54, 1.807) is 6.08 Å². The fraction of sp³-hybridized carbons (Fsp3) is 0.917. The fourth-order valence-corrected chi connectivity index (χ4v) is 9.76. The first-order valence-electron chi connectivity index (χ1n) is 30.1. The van der Waals surface area contributed by atoms with Crippen molar-refractivity contribution in [2.75, 3.05) is 13.2 Å². The van der Waals surface area contributed by atoms with Gasteiger partial charge in [-0.05, 0) is 32.1 Å². The van der Waals surface area contributed by atoms with Crippen molar-refractivity contribution in [2.24, 2.45) is 0 Å². The Kier molecular flexibility index (Phi) is 47.8. The maximum atomic E-state index is 13.0. The SMILES string of the molecule is CCCCCCCCCCCCCCCCCCCCCCCCCCCCC/C=C/CC/C=C/C(O)C(COC1OC(CO)C(O)C(O)C1O)NC(=O)CCCCCCCCCCCCCCC. The van der Waals surface area contributed by atoms with Crippen molar-refractivity contribution in [2.45, 2.75) is 339 Å². The molecule has 1 aliphatic rings. The van der Waals surface area contributed by atoms with Gasteiger partial charge in [0.1, 0.15) is 24.4 Å². The van der Waals surface area contributed by atoms with E-state index in [2.05, 4.69) is 31.3 Å². The number of aliphatic hydroxyl groups is 5. The summed E-state index contributed by atoms with van der Waals surface area (Å²) in [5, 5.41) is 54.4. The zero-order valence-corrected chi connectivity index (χ0v) is 45.3. The van der Waals surface area contributed by atoms with Gasteiger partial charge in [0.2, 0.25) is 5.91 Å². The topological polar surface area (TPSA) is 149 Å². The second-order valence-electron chi connectivity index (χ2n) is 21.1. The summed E-state index contributed by atoms with van der Waals surface area (Å²) in [5.74, 6) is -0.183. The van der Waals surface area contributed by atoms with Gasteiger partial charge in [-0.2, -0.15) is 0 Å². The molecule has 6 N–H and O–H groups in total. The molecule has 408 valence electrons. The van der Waals surface area contributed by atoms with Crippen molar-refractivity contribution in [1.29, 1.82) is 0 Å². The highest BCUT2D eigenvalue weighted by Crippen LogP contribution is 2.23. The fourth-order valence-electron chi connectivity index (χ4n) is 9.76. The van der Waals surface area contributed by atoms with Crippen LogP contribution in [-0.4, -0.2) is 87.5 Å². The molecule has 9 heteroatoms.